The second-order valence-electron chi connectivity index (χ2n) is 3.73. The van der Waals surface area contributed by atoms with Gasteiger partial charge in [0.2, 0.25) is 0 Å². The highest BCUT2D eigenvalue weighted by Crippen LogP contribution is 2.21. The van der Waals surface area contributed by atoms with E-state index in [2.05, 4.69) is 5.32 Å². The standard InChI is InChI=1S/C12H17F2NO/c1-9(8-15-6-7-16-2)12-10(13)4-3-5-11(12)14/h3-5,9,15H,6-8H2,1-2H3. The van der Waals surface area contributed by atoms with Gasteiger partial charge >= 0.3 is 0 Å². The van der Waals surface area contributed by atoms with Gasteiger partial charge in [-0.15, -0.1) is 0 Å². The van der Waals surface area contributed by atoms with Gasteiger partial charge in [-0.3, -0.25) is 0 Å². The molecule has 0 spiro atoms. The summed E-state index contributed by atoms with van der Waals surface area (Å²) >= 11 is 0. The first-order valence-electron chi connectivity index (χ1n) is 5.30. The average Bonchev–Trinajstić information content (AvgIpc) is 2.24. The lowest BCUT2D eigenvalue weighted by molar-refractivity contribution is 0.199. The molecular formula is C12H17F2NO. The number of benzene rings is 1. The molecule has 0 fully saturated rings. The molecule has 0 bridgehead atoms. The molecule has 1 atom stereocenters. The molecule has 0 aliphatic heterocycles. The number of hydrogen-bond donors (Lipinski definition) is 1. The molecule has 0 saturated carbocycles. The zero-order valence-corrected chi connectivity index (χ0v) is 9.59. The highest BCUT2D eigenvalue weighted by atomic mass is 19.1. The van der Waals surface area contributed by atoms with E-state index in [4.69, 9.17) is 4.74 Å². The molecule has 1 aromatic rings. The van der Waals surface area contributed by atoms with Crippen LogP contribution in [-0.2, 0) is 4.74 Å². The summed E-state index contributed by atoms with van der Waals surface area (Å²) < 4.78 is 31.6. The van der Waals surface area contributed by atoms with Gasteiger partial charge in [-0.2, -0.15) is 0 Å². The SMILES string of the molecule is COCCNCC(C)c1c(F)cccc1F. The zero-order chi connectivity index (χ0) is 12.0. The topological polar surface area (TPSA) is 21.3 Å². The normalized spacial score (nSPS) is 12.8. The molecule has 16 heavy (non-hydrogen) atoms. The molecular weight excluding hydrogens is 212 g/mol. The molecule has 1 unspecified atom stereocenters. The molecule has 0 saturated heterocycles. The van der Waals surface area contributed by atoms with Crippen LogP contribution in [0.4, 0.5) is 8.78 Å². The number of hydrogen-bond acceptors (Lipinski definition) is 2. The Morgan fingerprint density at radius 3 is 2.50 bits per heavy atom. The van der Waals surface area contributed by atoms with Gasteiger partial charge in [0.15, 0.2) is 0 Å². The van der Waals surface area contributed by atoms with Gasteiger partial charge in [-0.05, 0) is 18.1 Å². The summed E-state index contributed by atoms with van der Waals surface area (Å²) in [7, 11) is 1.61. The zero-order valence-electron chi connectivity index (χ0n) is 9.59. The van der Waals surface area contributed by atoms with E-state index in [0.717, 1.165) is 0 Å². The van der Waals surface area contributed by atoms with Crippen LogP contribution in [0.15, 0.2) is 18.2 Å². The van der Waals surface area contributed by atoms with Crippen molar-refractivity contribution in [3.8, 4) is 0 Å². The van der Waals surface area contributed by atoms with Crippen molar-refractivity contribution in [2.24, 2.45) is 0 Å². The molecule has 4 heteroatoms. The fourth-order valence-corrected chi connectivity index (χ4v) is 1.58. The van der Waals surface area contributed by atoms with Crippen molar-refractivity contribution < 1.29 is 13.5 Å². The number of ether oxygens (including phenoxy) is 1. The van der Waals surface area contributed by atoms with E-state index < -0.39 is 11.6 Å². The molecule has 0 radical (unpaired) electrons. The van der Waals surface area contributed by atoms with Crippen LogP contribution in [0.3, 0.4) is 0 Å². The fraction of sp³-hybridized carbons (Fsp3) is 0.500. The number of methoxy groups -OCH3 is 1. The molecule has 90 valence electrons. The molecule has 1 rings (SSSR count). The van der Waals surface area contributed by atoms with Gasteiger partial charge in [0, 0.05) is 25.8 Å². The van der Waals surface area contributed by atoms with Crippen molar-refractivity contribution in [3.63, 3.8) is 0 Å². The van der Waals surface area contributed by atoms with Crippen LogP contribution >= 0.6 is 0 Å². The van der Waals surface area contributed by atoms with Gasteiger partial charge in [-0.25, -0.2) is 8.78 Å². The molecule has 1 aromatic carbocycles. The molecule has 0 aliphatic rings. The summed E-state index contributed by atoms with van der Waals surface area (Å²) in [6, 6.07) is 3.94. The smallest absolute Gasteiger partial charge is 0.129 e. The number of rotatable bonds is 6. The van der Waals surface area contributed by atoms with Gasteiger partial charge in [0.1, 0.15) is 11.6 Å². The third-order valence-electron chi connectivity index (χ3n) is 2.43. The molecule has 0 aromatic heterocycles. The summed E-state index contributed by atoms with van der Waals surface area (Å²) in [5.41, 5.74) is 0.146. The number of nitrogens with one attached hydrogen (secondary N) is 1. The lowest BCUT2D eigenvalue weighted by Crippen LogP contribution is -2.24. The Kier molecular flexibility index (Phi) is 5.35. The van der Waals surface area contributed by atoms with Crippen molar-refractivity contribution in [1.29, 1.82) is 0 Å². The Morgan fingerprint density at radius 1 is 1.31 bits per heavy atom. The molecule has 0 heterocycles. The van der Waals surface area contributed by atoms with Gasteiger partial charge < -0.3 is 10.1 Å². The summed E-state index contributed by atoms with van der Waals surface area (Å²) in [6.07, 6.45) is 0. The molecule has 2 nitrogen and oxygen atoms in total. The predicted octanol–water partition coefficient (Wildman–Crippen LogP) is 2.30. The highest BCUT2D eigenvalue weighted by Gasteiger charge is 2.15. The summed E-state index contributed by atoms with van der Waals surface area (Å²) in [4.78, 5) is 0. The van der Waals surface area contributed by atoms with E-state index >= 15 is 0 Å². The van der Waals surface area contributed by atoms with Crippen LogP contribution in [0.25, 0.3) is 0 Å². The lowest BCUT2D eigenvalue weighted by Gasteiger charge is -2.14. The minimum atomic E-state index is -0.485. The van der Waals surface area contributed by atoms with Crippen LogP contribution in [-0.4, -0.2) is 26.8 Å². The molecule has 0 aliphatic carbocycles. The van der Waals surface area contributed by atoms with Crippen LogP contribution in [0.2, 0.25) is 0 Å². The third kappa shape index (κ3) is 3.54. The first-order valence-corrected chi connectivity index (χ1v) is 5.30. The quantitative estimate of drug-likeness (QED) is 0.756. The van der Waals surface area contributed by atoms with Crippen LogP contribution in [0.5, 0.6) is 0 Å². The Bertz CT molecular complexity index is 311. The summed E-state index contributed by atoms with van der Waals surface area (Å²) in [6.45, 7) is 3.59. The van der Waals surface area contributed by atoms with E-state index in [9.17, 15) is 8.78 Å². The highest BCUT2D eigenvalue weighted by molar-refractivity contribution is 5.23. The summed E-state index contributed by atoms with van der Waals surface area (Å²) in [5, 5.41) is 3.08. The average molecular weight is 229 g/mol. The first kappa shape index (κ1) is 13.1. The molecule has 0 amide bonds. The Hall–Kier alpha value is -1.00. The van der Waals surface area contributed by atoms with E-state index in [1.165, 1.54) is 18.2 Å². The summed E-state index contributed by atoms with van der Waals surface area (Å²) in [5.74, 6) is -1.17. The van der Waals surface area contributed by atoms with Crippen LogP contribution < -0.4 is 5.32 Å². The second kappa shape index (κ2) is 6.55. The Labute approximate surface area is 94.6 Å². The van der Waals surface area contributed by atoms with Crippen molar-refractivity contribution in [2.45, 2.75) is 12.8 Å². The minimum Gasteiger partial charge on any atom is -0.383 e. The Balaban J connectivity index is 2.55. The third-order valence-corrected chi connectivity index (χ3v) is 2.43. The predicted molar refractivity (Wildman–Crippen MR) is 59.5 cm³/mol. The van der Waals surface area contributed by atoms with E-state index in [1.54, 1.807) is 14.0 Å². The number of halogens is 2. The van der Waals surface area contributed by atoms with E-state index in [1.807, 2.05) is 0 Å². The van der Waals surface area contributed by atoms with Crippen LogP contribution in [0.1, 0.15) is 18.4 Å². The lowest BCUT2D eigenvalue weighted by atomic mass is 10.00. The van der Waals surface area contributed by atoms with Crippen molar-refractivity contribution in [2.75, 3.05) is 26.8 Å². The second-order valence-corrected chi connectivity index (χ2v) is 3.73. The fourth-order valence-electron chi connectivity index (χ4n) is 1.58. The van der Waals surface area contributed by atoms with Crippen molar-refractivity contribution in [3.05, 3.63) is 35.4 Å². The molecule has 1 N–H and O–H groups in total. The monoisotopic (exact) mass is 229 g/mol. The van der Waals surface area contributed by atoms with Gasteiger partial charge in [-0.1, -0.05) is 13.0 Å². The largest absolute Gasteiger partial charge is 0.383 e. The van der Waals surface area contributed by atoms with E-state index in [0.29, 0.717) is 19.7 Å². The minimum absolute atomic E-state index is 0.146. The van der Waals surface area contributed by atoms with Gasteiger partial charge in [0.25, 0.3) is 0 Å². The van der Waals surface area contributed by atoms with E-state index in [-0.39, 0.29) is 11.5 Å². The first-order chi connectivity index (χ1) is 7.66. The maximum Gasteiger partial charge on any atom is 0.129 e. The van der Waals surface area contributed by atoms with Crippen LogP contribution in [0, 0.1) is 11.6 Å². The van der Waals surface area contributed by atoms with Crippen molar-refractivity contribution in [1.82, 2.24) is 5.32 Å². The van der Waals surface area contributed by atoms with Gasteiger partial charge in [0.05, 0.1) is 6.61 Å². The maximum absolute atomic E-state index is 13.4. The maximum atomic E-state index is 13.4. The van der Waals surface area contributed by atoms with Crippen molar-refractivity contribution >= 4 is 0 Å². The Morgan fingerprint density at radius 2 is 1.94 bits per heavy atom.